The van der Waals surface area contributed by atoms with Crippen LogP contribution in [0.25, 0.3) is 0 Å². The molecule has 0 amide bonds. The molecule has 1 atom stereocenters. The van der Waals surface area contributed by atoms with Crippen LogP contribution in [0, 0.1) is 5.92 Å². The maximum absolute atomic E-state index is 11.6. The molecule has 0 aliphatic rings. The van der Waals surface area contributed by atoms with Crippen LogP contribution in [0.3, 0.4) is 0 Å². The van der Waals surface area contributed by atoms with Gasteiger partial charge in [-0.3, -0.25) is 9.78 Å². The maximum Gasteiger partial charge on any atom is 0.307 e. The third-order valence-electron chi connectivity index (χ3n) is 2.32. The number of aliphatic carboxylic acids is 1. The van der Waals surface area contributed by atoms with Crippen LogP contribution in [0.15, 0.2) is 24.4 Å². The number of aryl methyl sites for hydroxylation is 1. The SMILES string of the molecule is CC(CS(=O)(=O)CCc1ccccn1)C(=O)O. The zero-order valence-corrected chi connectivity index (χ0v) is 10.4. The molecular weight excluding hydrogens is 242 g/mol. The number of hydrogen-bond acceptors (Lipinski definition) is 4. The van der Waals surface area contributed by atoms with Crippen molar-refractivity contribution in [3.8, 4) is 0 Å². The number of carbonyl (C=O) groups is 1. The second-order valence-corrected chi connectivity index (χ2v) is 6.15. The lowest BCUT2D eigenvalue weighted by Gasteiger charge is -2.07. The molecule has 0 saturated carbocycles. The fraction of sp³-hybridized carbons (Fsp3) is 0.455. The van der Waals surface area contributed by atoms with E-state index in [1.807, 2.05) is 0 Å². The molecule has 0 aromatic carbocycles. The van der Waals surface area contributed by atoms with Crippen LogP contribution >= 0.6 is 0 Å². The van der Waals surface area contributed by atoms with E-state index in [9.17, 15) is 13.2 Å². The van der Waals surface area contributed by atoms with Gasteiger partial charge in [-0.15, -0.1) is 0 Å². The van der Waals surface area contributed by atoms with Gasteiger partial charge < -0.3 is 5.11 Å². The summed E-state index contributed by atoms with van der Waals surface area (Å²) in [4.78, 5) is 14.6. The van der Waals surface area contributed by atoms with E-state index in [1.54, 1.807) is 24.4 Å². The third-order valence-corrected chi connectivity index (χ3v) is 4.15. The van der Waals surface area contributed by atoms with Crippen molar-refractivity contribution in [2.75, 3.05) is 11.5 Å². The van der Waals surface area contributed by atoms with Crippen molar-refractivity contribution in [2.24, 2.45) is 5.92 Å². The van der Waals surface area contributed by atoms with Gasteiger partial charge in [0.25, 0.3) is 0 Å². The van der Waals surface area contributed by atoms with Gasteiger partial charge >= 0.3 is 5.97 Å². The molecule has 0 spiro atoms. The molecule has 0 fully saturated rings. The van der Waals surface area contributed by atoms with Crippen molar-refractivity contribution in [1.82, 2.24) is 4.98 Å². The zero-order valence-electron chi connectivity index (χ0n) is 9.54. The van der Waals surface area contributed by atoms with E-state index < -0.39 is 21.7 Å². The van der Waals surface area contributed by atoms with E-state index in [4.69, 9.17) is 5.11 Å². The summed E-state index contributed by atoms with van der Waals surface area (Å²) in [6, 6.07) is 5.29. The Labute approximate surface area is 100 Å². The Morgan fingerprint density at radius 2 is 2.18 bits per heavy atom. The first-order valence-electron chi connectivity index (χ1n) is 5.24. The van der Waals surface area contributed by atoms with E-state index in [2.05, 4.69) is 4.98 Å². The van der Waals surface area contributed by atoms with Crippen LogP contribution in [0.4, 0.5) is 0 Å². The van der Waals surface area contributed by atoms with Gasteiger partial charge in [-0.25, -0.2) is 8.42 Å². The minimum absolute atomic E-state index is 0.0678. The summed E-state index contributed by atoms with van der Waals surface area (Å²) in [5, 5.41) is 8.65. The molecule has 1 N–H and O–H groups in total. The molecule has 0 radical (unpaired) electrons. The molecule has 0 aliphatic carbocycles. The predicted molar refractivity (Wildman–Crippen MR) is 63.4 cm³/mol. The molecule has 6 heteroatoms. The standard InChI is InChI=1S/C11H15NO4S/c1-9(11(13)14)8-17(15,16)7-5-10-4-2-3-6-12-10/h2-4,6,9H,5,7-8H2,1H3,(H,13,14). The monoisotopic (exact) mass is 257 g/mol. The van der Waals surface area contributed by atoms with Gasteiger partial charge in [0.05, 0.1) is 17.4 Å². The van der Waals surface area contributed by atoms with Gasteiger partial charge in [-0.1, -0.05) is 13.0 Å². The highest BCUT2D eigenvalue weighted by molar-refractivity contribution is 7.91. The molecule has 5 nitrogen and oxygen atoms in total. The molecule has 1 unspecified atom stereocenters. The highest BCUT2D eigenvalue weighted by Crippen LogP contribution is 2.05. The predicted octanol–water partition coefficient (Wildman–Crippen LogP) is 0.760. The highest BCUT2D eigenvalue weighted by atomic mass is 32.2. The van der Waals surface area contributed by atoms with E-state index in [0.29, 0.717) is 12.1 Å². The molecular formula is C11H15NO4S. The van der Waals surface area contributed by atoms with Crippen molar-refractivity contribution in [1.29, 1.82) is 0 Å². The summed E-state index contributed by atoms with van der Waals surface area (Å²) in [6.45, 7) is 1.39. The number of carboxylic acids is 1. The van der Waals surface area contributed by atoms with E-state index in [0.717, 1.165) is 0 Å². The average molecular weight is 257 g/mol. The smallest absolute Gasteiger partial charge is 0.307 e. The minimum atomic E-state index is -3.34. The van der Waals surface area contributed by atoms with Crippen molar-refractivity contribution < 1.29 is 18.3 Å². The second kappa shape index (κ2) is 5.77. The first-order chi connectivity index (χ1) is 7.91. The lowest BCUT2D eigenvalue weighted by atomic mass is 10.2. The summed E-state index contributed by atoms with van der Waals surface area (Å²) in [5.74, 6) is -2.35. The maximum atomic E-state index is 11.6. The lowest BCUT2D eigenvalue weighted by Crippen LogP contribution is -2.23. The molecule has 94 valence electrons. The third kappa shape index (κ3) is 4.95. The van der Waals surface area contributed by atoms with Crippen molar-refractivity contribution in [3.05, 3.63) is 30.1 Å². The number of carboxylic acid groups (broad SMARTS) is 1. The average Bonchev–Trinajstić information content (AvgIpc) is 2.27. The first-order valence-corrected chi connectivity index (χ1v) is 7.06. The Morgan fingerprint density at radius 1 is 1.47 bits per heavy atom. The number of pyridine rings is 1. The van der Waals surface area contributed by atoms with Gasteiger partial charge in [0.1, 0.15) is 0 Å². The number of aromatic nitrogens is 1. The van der Waals surface area contributed by atoms with Crippen LogP contribution in [-0.4, -0.2) is 36.0 Å². The van der Waals surface area contributed by atoms with E-state index >= 15 is 0 Å². The Hall–Kier alpha value is -1.43. The molecule has 1 rings (SSSR count). The molecule has 1 aromatic rings. The topological polar surface area (TPSA) is 84.3 Å². The second-order valence-electron chi connectivity index (χ2n) is 3.92. The largest absolute Gasteiger partial charge is 0.481 e. The summed E-state index contributed by atoms with van der Waals surface area (Å²) in [5.41, 5.74) is 0.694. The van der Waals surface area contributed by atoms with Crippen LogP contribution in [-0.2, 0) is 21.1 Å². The Bertz CT molecular complexity index is 470. The van der Waals surface area contributed by atoms with E-state index in [-0.39, 0.29) is 11.5 Å². The Balaban J connectivity index is 2.54. The molecule has 0 saturated heterocycles. The van der Waals surface area contributed by atoms with Crippen LogP contribution in [0.5, 0.6) is 0 Å². The summed E-state index contributed by atoms with van der Waals surface area (Å²) in [7, 11) is -3.34. The summed E-state index contributed by atoms with van der Waals surface area (Å²) < 4.78 is 23.3. The van der Waals surface area contributed by atoms with Gasteiger partial charge in [-0.05, 0) is 12.1 Å². The normalized spacial score (nSPS) is 13.2. The van der Waals surface area contributed by atoms with Crippen LogP contribution < -0.4 is 0 Å². The number of sulfone groups is 1. The lowest BCUT2D eigenvalue weighted by molar-refractivity contribution is -0.140. The molecule has 17 heavy (non-hydrogen) atoms. The van der Waals surface area contributed by atoms with Gasteiger partial charge in [-0.2, -0.15) is 0 Å². The quantitative estimate of drug-likeness (QED) is 0.813. The molecule has 1 heterocycles. The number of hydrogen-bond donors (Lipinski definition) is 1. The number of rotatable bonds is 6. The number of nitrogens with zero attached hydrogens (tertiary/aromatic N) is 1. The highest BCUT2D eigenvalue weighted by Gasteiger charge is 2.20. The van der Waals surface area contributed by atoms with Gasteiger partial charge in [0, 0.05) is 18.3 Å². The Kier molecular flexibility index (Phi) is 4.62. The van der Waals surface area contributed by atoms with Gasteiger partial charge in [0.2, 0.25) is 0 Å². The van der Waals surface area contributed by atoms with Crippen molar-refractivity contribution in [3.63, 3.8) is 0 Å². The Morgan fingerprint density at radius 3 is 2.71 bits per heavy atom. The fourth-order valence-corrected chi connectivity index (χ4v) is 2.93. The molecule has 1 aromatic heterocycles. The first kappa shape index (κ1) is 13.6. The van der Waals surface area contributed by atoms with Crippen molar-refractivity contribution in [2.45, 2.75) is 13.3 Å². The minimum Gasteiger partial charge on any atom is -0.481 e. The van der Waals surface area contributed by atoms with Crippen LogP contribution in [0.1, 0.15) is 12.6 Å². The van der Waals surface area contributed by atoms with Gasteiger partial charge in [0.15, 0.2) is 9.84 Å². The molecule has 0 bridgehead atoms. The summed E-state index contributed by atoms with van der Waals surface area (Å²) >= 11 is 0. The fourth-order valence-electron chi connectivity index (χ4n) is 1.34. The van der Waals surface area contributed by atoms with Crippen molar-refractivity contribution >= 4 is 15.8 Å². The molecule has 0 aliphatic heterocycles. The zero-order chi connectivity index (χ0) is 12.9. The van der Waals surface area contributed by atoms with Crippen LogP contribution in [0.2, 0.25) is 0 Å². The van der Waals surface area contributed by atoms with E-state index in [1.165, 1.54) is 6.92 Å². The summed E-state index contributed by atoms with van der Waals surface area (Å²) in [6.07, 6.45) is 1.91.